The minimum Gasteiger partial charge on any atom is -0.387 e. The second-order valence-electron chi connectivity index (χ2n) is 11.9. The number of fused-ring (bicyclic) bond motifs is 5. The SMILES string of the molecule is CCOC[C@@]1(O)CC[C@@]2(COC(C)C)[C@H](CC[C@H]3[C@@H]4CC[C@H](C(N)=O)[C@@]4(C)CC[C@@H]32)C1. The summed E-state index contributed by atoms with van der Waals surface area (Å²) < 4.78 is 12.0. The fourth-order valence-corrected chi connectivity index (χ4v) is 8.62. The van der Waals surface area contributed by atoms with Gasteiger partial charge in [0.25, 0.3) is 0 Å². The molecule has 4 rings (SSSR count). The summed E-state index contributed by atoms with van der Waals surface area (Å²) in [5.41, 5.74) is 5.37. The van der Waals surface area contributed by atoms with Crippen LogP contribution < -0.4 is 5.73 Å². The lowest BCUT2D eigenvalue weighted by molar-refractivity contribution is -0.195. The zero-order valence-corrected chi connectivity index (χ0v) is 20.2. The van der Waals surface area contributed by atoms with Gasteiger partial charge >= 0.3 is 0 Å². The van der Waals surface area contributed by atoms with Gasteiger partial charge in [-0.1, -0.05) is 6.92 Å². The Hall–Kier alpha value is -0.650. The Morgan fingerprint density at radius 3 is 2.52 bits per heavy atom. The van der Waals surface area contributed by atoms with Crippen LogP contribution >= 0.6 is 0 Å². The Morgan fingerprint density at radius 1 is 1.06 bits per heavy atom. The molecule has 0 heterocycles. The second kappa shape index (κ2) is 8.61. The number of rotatable bonds is 7. The highest BCUT2D eigenvalue weighted by atomic mass is 16.5. The minimum atomic E-state index is -0.692. The molecule has 0 bridgehead atoms. The van der Waals surface area contributed by atoms with Crippen LogP contribution in [0.2, 0.25) is 0 Å². The lowest BCUT2D eigenvalue weighted by atomic mass is 9.43. The van der Waals surface area contributed by atoms with Crippen LogP contribution in [0.5, 0.6) is 0 Å². The van der Waals surface area contributed by atoms with Crippen molar-refractivity contribution in [1.29, 1.82) is 0 Å². The van der Waals surface area contributed by atoms with Gasteiger partial charge in [0.2, 0.25) is 5.91 Å². The number of hydrogen-bond acceptors (Lipinski definition) is 4. The van der Waals surface area contributed by atoms with Crippen LogP contribution in [0.3, 0.4) is 0 Å². The Balaban J connectivity index is 1.60. The molecule has 31 heavy (non-hydrogen) atoms. The fourth-order valence-electron chi connectivity index (χ4n) is 8.62. The maximum absolute atomic E-state index is 12.2. The average molecular weight is 436 g/mol. The quantitative estimate of drug-likeness (QED) is 0.624. The highest BCUT2D eigenvalue weighted by Gasteiger charge is 2.63. The van der Waals surface area contributed by atoms with E-state index >= 15 is 0 Å². The third-order valence-corrected chi connectivity index (χ3v) is 10.1. The smallest absolute Gasteiger partial charge is 0.221 e. The van der Waals surface area contributed by atoms with Crippen LogP contribution in [0.25, 0.3) is 0 Å². The predicted molar refractivity (Wildman–Crippen MR) is 121 cm³/mol. The average Bonchev–Trinajstić information content (AvgIpc) is 3.08. The van der Waals surface area contributed by atoms with E-state index in [1.807, 2.05) is 6.92 Å². The Kier molecular flexibility index (Phi) is 6.53. The van der Waals surface area contributed by atoms with E-state index in [1.54, 1.807) is 0 Å². The standard InChI is InChI=1S/C26H45NO4/c1-5-30-15-25(29)12-13-26(16-31-17(2)3)18(14-25)6-7-19-20-8-9-22(23(27)28)24(20,4)11-10-21(19)26/h17-22,29H,5-16H2,1-4H3,(H2,27,28)/t18-,19+,20+,21+,22-,24+,25-,26-/m1/s1. The predicted octanol–water partition coefficient (Wildman–Crippen LogP) is 4.30. The van der Waals surface area contributed by atoms with Gasteiger partial charge in [0.1, 0.15) is 0 Å². The summed E-state index contributed by atoms with van der Waals surface area (Å²) >= 11 is 0. The zero-order chi connectivity index (χ0) is 22.4. The van der Waals surface area contributed by atoms with Gasteiger partial charge in [0.05, 0.1) is 24.9 Å². The summed E-state index contributed by atoms with van der Waals surface area (Å²) in [7, 11) is 0. The molecular weight excluding hydrogens is 390 g/mol. The van der Waals surface area contributed by atoms with Crippen LogP contribution in [0.1, 0.15) is 85.5 Å². The largest absolute Gasteiger partial charge is 0.387 e. The molecule has 4 fully saturated rings. The van der Waals surface area contributed by atoms with E-state index < -0.39 is 5.60 Å². The molecule has 0 unspecified atom stereocenters. The van der Waals surface area contributed by atoms with Gasteiger partial charge in [-0.3, -0.25) is 4.79 Å². The molecule has 8 atom stereocenters. The summed E-state index contributed by atoms with van der Waals surface area (Å²) in [6.07, 6.45) is 9.65. The molecule has 0 aliphatic heterocycles. The van der Waals surface area contributed by atoms with Crippen LogP contribution in [0, 0.1) is 40.4 Å². The highest BCUT2D eigenvalue weighted by molar-refractivity contribution is 5.78. The first-order chi connectivity index (χ1) is 14.7. The third-order valence-electron chi connectivity index (χ3n) is 10.1. The molecule has 178 valence electrons. The van der Waals surface area contributed by atoms with E-state index in [4.69, 9.17) is 15.2 Å². The number of aliphatic hydroxyl groups is 1. The second-order valence-corrected chi connectivity index (χ2v) is 11.9. The van der Waals surface area contributed by atoms with Crippen molar-refractivity contribution in [3.05, 3.63) is 0 Å². The fraction of sp³-hybridized carbons (Fsp3) is 0.962. The molecule has 5 heteroatoms. The van der Waals surface area contributed by atoms with Crippen molar-refractivity contribution in [2.24, 2.45) is 46.2 Å². The van der Waals surface area contributed by atoms with E-state index in [0.717, 1.165) is 51.6 Å². The van der Waals surface area contributed by atoms with Crippen molar-refractivity contribution in [1.82, 2.24) is 0 Å². The van der Waals surface area contributed by atoms with Crippen LogP contribution in [0.15, 0.2) is 0 Å². The van der Waals surface area contributed by atoms with E-state index in [0.29, 0.717) is 36.9 Å². The van der Waals surface area contributed by atoms with Gasteiger partial charge in [-0.25, -0.2) is 0 Å². The zero-order valence-electron chi connectivity index (χ0n) is 20.2. The molecule has 0 radical (unpaired) electrons. The van der Waals surface area contributed by atoms with Gasteiger partial charge in [-0.15, -0.1) is 0 Å². The number of ether oxygens (including phenoxy) is 2. The number of carbonyl (C=O) groups excluding carboxylic acids is 1. The Labute approximate surface area is 188 Å². The van der Waals surface area contributed by atoms with Gasteiger partial charge in [-0.2, -0.15) is 0 Å². The molecule has 4 aliphatic carbocycles. The molecule has 1 amide bonds. The molecule has 0 spiro atoms. The van der Waals surface area contributed by atoms with Crippen molar-refractivity contribution in [3.63, 3.8) is 0 Å². The molecule has 0 saturated heterocycles. The first-order valence-corrected chi connectivity index (χ1v) is 12.9. The van der Waals surface area contributed by atoms with Crippen LogP contribution in [-0.4, -0.2) is 42.5 Å². The van der Waals surface area contributed by atoms with E-state index in [-0.39, 0.29) is 28.8 Å². The minimum absolute atomic E-state index is 0.0432. The third kappa shape index (κ3) is 3.97. The molecule has 0 aromatic carbocycles. The topological polar surface area (TPSA) is 81.8 Å². The molecule has 0 aromatic rings. The molecule has 3 N–H and O–H groups in total. The lowest BCUT2D eigenvalue weighted by Gasteiger charge is -2.63. The lowest BCUT2D eigenvalue weighted by Crippen LogP contribution is -2.59. The van der Waals surface area contributed by atoms with Gasteiger partial charge in [0.15, 0.2) is 0 Å². The summed E-state index contributed by atoms with van der Waals surface area (Å²) in [5.74, 6) is 2.34. The molecule has 4 saturated carbocycles. The summed E-state index contributed by atoms with van der Waals surface area (Å²) in [4.78, 5) is 12.2. The van der Waals surface area contributed by atoms with Crippen molar-refractivity contribution in [2.45, 2.75) is 97.2 Å². The van der Waals surface area contributed by atoms with E-state index in [2.05, 4.69) is 20.8 Å². The summed E-state index contributed by atoms with van der Waals surface area (Å²) in [6.45, 7) is 10.5. The maximum atomic E-state index is 12.2. The Bertz CT molecular complexity index is 668. The number of nitrogens with two attached hydrogens (primary N) is 1. The molecule has 5 nitrogen and oxygen atoms in total. The van der Waals surface area contributed by atoms with Crippen LogP contribution in [0.4, 0.5) is 0 Å². The van der Waals surface area contributed by atoms with E-state index in [1.165, 1.54) is 12.8 Å². The molecule has 4 aliphatic rings. The first-order valence-electron chi connectivity index (χ1n) is 12.9. The number of carbonyl (C=O) groups is 1. The normalized spacial score (nSPS) is 47.0. The molecular formula is C26H45NO4. The van der Waals surface area contributed by atoms with Crippen molar-refractivity contribution in [2.75, 3.05) is 19.8 Å². The first kappa shape index (κ1) is 23.5. The maximum Gasteiger partial charge on any atom is 0.221 e. The number of hydrogen-bond donors (Lipinski definition) is 2. The Morgan fingerprint density at radius 2 is 1.84 bits per heavy atom. The van der Waals surface area contributed by atoms with Crippen LogP contribution in [-0.2, 0) is 14.3 Å². The van der Waals surface area contributed by atoms with Gasteiger partial charge in [0, 0.05) is 12.5 Å². The number of amides is 1. The highest BCUT2D eigenvalue weighted by Crippen LogP contribution is 2.68. The van der Waals surface area contributed by atoms with Gasteiger partial charge < -0.3 is 20.3 Å². The number of primary amides is 1. The molecule has 0 aromatic heterocycles. The van der Waals surface area contributed by atoms with E-state index in [9.17, 15) is 9.90 Å². The van der Waals surface area contributed by atoms with Crippen molar-refractivity contribution in [3.8, 4) is 0 Å². The summed E-state index contributed by atoms with van der Waals surface area (Å²) in [5, 5.41) is 11.3. The monoisotopic (exact) mass is 435 g/mol. The van der Waals surface area contributed by atoms with Gasteiger partial charge in [-0.05, 0) is 113 Å². The van der Waals surface area contributed by atoms with Crippen molar-refractivity contribution < 1.29 is 19.4 Å². The van der Waals surface area contributed by atoms with Crippen molar-refractivity contribution >= 4 is 5.91 Å². The summed E-state index contributed by atoms with van der Waals surface area (Å²) in [6, 6.07) is 0.